The zero-order valence-electron chi connectivity index (χ0n) is 14.4. The summed E-state index contributed by atoms with van der Waals surface area (Å²) in [6, 6.07) is 6.84. The summed E-state index contributed by atoms with van der Waals surface area (Å²) >= 11 is 1.34. The number of urea groups is 1. The summed E-state index contributed by atoms with van der Waals surface area (Å²) in [4.78, 5) is 37.4. The van der Waals surface area contributed by atoms with Gasteiger partial charge in [-0.2, -0.15) is 0 Å². The number of piperidine rings is 1. The van der Waals surface area contributed by atoms with Crippen molar-refractivity contribution in [3.63, 3.8) is 0 Å². The Morgan fingerprint density at radius 2 is 2.15 bits per heavy atom. The Morgan fingerprint density at radius 1 is 1.35 bits per heavy atom. The van der Waals surface area contributed by atoms with E-state index in [0.29, 0.717) is 36.6 Å². The zero-order chi connectivity index (χ0) is 18.7. The van der Waals surface area contributed by atoms with Gasteiger partial charge in [-0.1, -0.05) is 0 Å². The average molecular weight is 376 g/mol. The fourth-order valence-electron chi connectivity index (χ4n) is 2.99. The van der Waals surface area contributed by atoms with E-state index in [1.165, 1.54) is 16.2 Å². The molecule has 1 atom stereocenters. The summed E-state index contributed by atoms with van der Waals surface area (Å²) in [6.07, 6.45) is 1.27. The molecule has 1 aromatic carbocycles. The van der Waals surface area contributed by atoms with E-state index in [4.69, 9.17) is 9.84 Å². The van der Waals surface area contributed by atoms with Gasteiger partial charge in [-0.05, 0) is 49.4 Å². The molecule has 2 heterocycles. The van der Waals surface area contributed by atoms with Gasteiger partial charge in [0.1, 0.15) is 4.88 Å². The second kappa shape index (κ2) is 7.74. The summed E-state index contributed by atoms with van der Waals surface area (Å²) in [5, 5.41) is 12.8. The van der Waals surface area contributed by atoms with Gasteiger partial charge in [0.25, 0.3) is 0 Å². The largest absolute Gasteiger partial charge is 0.481 e. The SMILES string of the molecule is CCOC(=O)c1cc2cc(NC(=O)N3CCCC(C(=O)O)C3)ccc2s1. The Hall–Kier alpha value is -2.61. The normalized spacial score (nSPS) is 17.1. The number of benzene rings is 1. The second-order valence-electron chi connectivity index (χ2n) is 6.14. The van der Waals surface area contributed by atoms with Crippen LogP contribution < -0.4 is 5.32 Å². The van der Waals surface area contributed by atoms with Gasteiger partial charge in [0.05, 0.1) is 12.5 Å². The molecule has 1 unspecified atom stereocenters. The van der Waals surface area contributed by atoms with Gasteiger partial charge < -0.3 is 20.1 Å². The molecule has 1 aliphatic rings. The van der Waals surface area contributed by atoms with Gasteiger partial charge in [-0.25, -0.2) is 9.59 Å². The number of hydrogen-bond donors (Lipinski definition) is 2. The average Bonchev–Trinajstić information content (AvgIpc) is 3.05. The van der Waals surface area contributed by atoms with Crippen LogP contribution in [0.15, 0.2) is 24.3 Å². The Kier molecular flexibility index (Phi) is 5.41. The van der Waals surface area contributed by atoms with E-state index >= 15 is 0 Å². The molecule has 1 aliphatic heterocycles. The zero-order valence-corrected chi connectivity index (χ0v) is 15.2. The molecule has 0 saturated carbocycles. The van der Waals surface area contributed by atoms with Gasteiger partial charge in [-0.3, -0.25) is 4.79 Å². The van der Waals surface area contributed by atoms with Gasteiger partial charge in [0, 0.05) is 23.5 Å². The third-order valence-electron chi connectivity index (χ3n) is 4.30. The van der Waals surface area contributed by atoms with Crippen LogP contribution in [-0.2, 0) is 9.53 Å². The molecule has 0 radical (unpaired) electrons. The maximum Gasteiger partial charge on any atom is 0.348 e. The summed E-state index contributed by atoms with van der Waals surface area (Å²) in [5.74, 6) is -1.73. The van der Waals surface area contributed by atoms with Crippen molar-refractivity contribution in [1.82, 2.24) is 4.90 Å². The molecule has 3 rings (SSSR count). The van der Waals surface area contributed by atoms with Gasteiger partial charge in [0.15, 0.2) is 0 Å². The number of carboxylic acid groups (broad SMARTS) is 1. The van der Waals surface area contributed by atoms with Crippen LogP contribution in [0.5, 0.6) is 0 Å². The summed E-state index contributed by atoms with van der Waals surface area (Å²) < 4.78 is 5.93. The number of nitrogens with zero attached hydrogens (tertiary/aromatic N) is 1. The number of carbonyl (C=O) groups is 3. The predicted molar refractivity (Wildman–Crippen MR) is 98.7 cm³/mol. The van der Waals surface area contributed by atoms with Crippen LogP contribution in [0.3, 0.4) is 0 Å². The van der Waals surface area contributed by atoms with Crippen LogP contribution in [0, 0.1) is 5.92 Å². The molecule has 1 saturated heterocycles. The first-order valence-corrected chi connectivity index (χ1v) is 9.29. The van der Waals surface area contributed by atoms with E-state index in [1.807, 2.05) is 6.07 Å². The quantitative estimate of drug-likeness (QED) is 0.797. The van der Waals surface area contributed by atoms with Crippen molar-refractivity contribution in [2.45, 2.75) is 19.8 Å². The number of anilines is 1. The van der Waals surface area contributed by atoms with Crippen molar-refractivity contribution in [3.8, 4) is 0 Å². The summed E-state index contributed by atoms with van der Waals surface area (Å²) in [7, 11) is 0. The smallest absolute Gasteiger partial charge is 0.348 e. The number of rotatable bonds is 4. The van der Waals surface area contributed by atoms with E-state index in [1.54, 1.807) is 25.1 Å². The molecule has 26 heavy (non-hydrogen) atoms. The monoisotopic (exact) mass is 376 g/mol. The van der Waals surface area contributed by atoms with Gasteiger partial charge in [0.2, 0.25) is 0 Å². The molecule has 138 valence electrons. The Labute approximate surface area is 154 Å². The standard InChI is InChI=1S/C18H20N2O5S/c1-2-25-17(23)15-9-12-8-13(5-6-14(12)26-15)19-18(24)20-7-3-4-11(10-20)16(21)22/h5-6,8-9,11H,2-4,7,10H2,1H3,(H,19,24)(H,21,22). The van der Waals surface area contributed by atoms with Crippen molar-refractivity contribution in [2.24, 2.45) is 5.92 Å². The highest BCUT2D eigenvalue weighted by Gasteiger charge is 2.28. The number of carboxylic acids is 1. The number of aliphatic carboxylic acids is 1. The van der Waals surface area contributed by atoms with E-state index in [-0.39, 0.29) is 18.5 Å². The van der Waals surface area contributed by atoms with E-state index in [2.05, 4.69) is 5.32 Å². The molecule has 1 aromatic heterocycles. The van der Waals surface area contributed by atoms with Crippen LogP contribution in [0.2, 0.25) is 0 Å². The molecular weight excluding hydrogens is 356 g/mol. The lowest BCUT2D eigenvalue weighted by Gasteiger charge is -2.30. The highest BCUT2D eigenvalue weighted by atomic mass is 32.1. The minimum atomic E-state index is -0.867. The van der Waals surface area contributed by atoms with Crippen LogP contribution in [0.4, 0.5) is 10.5 Å². The molecule has 0 spiro atoms. The van der Waals surface area contributed by atoms with Crippen LogP contribution in [-0.4, -0.2) is 47.7 Å². The number of carbonyl (C=O) groups excluding carboxylic acids is 2. The number of thiophene rings is 1. The predicted octanol–water partition coefficient (Wildman–Crippen LogP) is 3.41. The lowest BCUT2D eigenvalue weighted by molar-refractivity contribution is -0.143. The Morgan fingerprint density at radius 3 is 2.88 bits per heavy atom. The van der Waals surface area contributed by atoms with E-state index in [9.17, 15) is 14.4 Å². The highest BCUT2D eigenvalue weighted by Crippen LogP contribution is 2.29. The molecule has 2 N–H and O–H groups in total. The van der Waals surface area contributed by atoms with Gasteiger partial charge >= 0.3 is 18.0 Å². The number of fused-ring (bicyclic) bond motifs is 1. The summed E-state index contributed by atoms with van der Waals surface area (Å²) in [6.45, 7) is 2.84. The fraction of sp³-hybridized carbons (Fsp3) is 0.389. The molecule has 1 fully saturated rings. The first kappa shape index (κ1) is 18.2. The summed E-state index contributed by atoms with van der Waals surface area (Å²) in [5.41, 5.74) is 0.605. The lowest BCUT2D eigenvalue weighted by atomic mass is 9.99. The first-order valence-electron chi connectivity index (χ1n) is 8.47. The topological polar surface area (TPSA) is 95.9 Å². The van der Waals surface area contributed by atoms with Gasteiger partial charge in [-0.15, -0.1) is 11.3 Å². The first-order chi connectivity index (χ1) is 12.5. The Bertz CT molecular complexity index is 847. The maximum absolute atomic E-state index is 12.4. The molecular formula is C18H20N2O5S. The number of esters is 1. The molecule has 0 aliphatic carbocycles. The van der Waals surface area contributed by atoms with Crippen molar-refractivity contribution in [2.75, 3.05) is 25.0 Å². The van der Waals surface area contributed by atoms with Crippen LogP contribution in [0.25, 0.3) is 10.1 Å². The number of ether oxygens (including phenoxy) is 1. The van der Waals surface area contributed by atoms with Crippen molar-refractivity contribution in [1.29, 1.82) is 0 Å². The lowest BCUT2D eigenvalue weighted by Crippen LogP contribution is -2.44. The van der Waals surface area contributed by atoms with E-state index in [0.717, 1.165) is 10.1 Å². The minimum absolute atomic E-state index is 0.217. The molecule has 2 aromatic rings. The maximum atomic E-state index is 12.4. The number of likely N-dealkylation sites (tertiary alicyclic amines) is 1. The van der Waals surface area contributed by atoms with Crippen LogP contribution >= 0.6 is 11.3 Å². The van der Waals surface area contributed by atoms with Crippen LogP contribution in [0.1, 0.15) is 29.4 Å². The van der Waals surface area contributed by atoms with E-state index < -0.39 is 11.9 Å². The van der Waals surface area contributed by atoms with Crippen molar-refractivity contribution < 1.29 is 24.2 Å². The third kappa shape index (κ3) is 3.96. The van der Waals surface area contributed by atoms with Crippen molar-refractivity contribution >= 4 is 45.1 Å². The molecule has 2 amide bonds. The molecule has 0 bridgehead atoms. The van der Waals surface area contributed by atoms with Crippen molar-refractivity contribution in [3.05, 3.63) is 29.1 Å². The number of nitrogens with one attached hydrogen (secondary N) is 1. The Balaban J connectivity index is 1.71. The minimum Gasteiger partial charge on any atom is -0.481 e. The molecule has 8 heteroatoms. The molecule has 7 nitrogen and oxygen atoms in total. The number of amides is 2. The third-order valence-corrected chi connectivity index (χ3v) is 5.40. The highest BCUT2D eigenvalue weighted by molar-refractivity contribution is 7.20. The number of hydrogen-bond acceptors (Lipinski definition) is 5. The second-order valence-corrected chi connectivity index (χ2v) is 7.22. The fourth-order valence-corrected chi connectivity index (χ4v) is 3.93.